The van der Waals surface area contributed by atoms with Crippen molar-refractivity contribution < 1.29 is 27.4 Å². The smallest absolute Gasteiger partial charge is 0.277 e. The van der Waals surface area contributed by atoms with Crippen molar-refractivity contribution in [1.82, 2.24) is 9.44 Å². The van der Waals surface area contributed by atoms with Crippen molar-refractivity contribution in [2.24, 2.45) is 0 Å². The average Bonchev–Trinajstić information content (AvgIpc) is 2.71. The second-order valence-corrected chi connectivity index (χ2v) is 8.94. The van der Waals surface area contributed by atoms with Gasteiger partial charge in [-0.15, -0.1) is 0 Å². The minimum atomic E-state index is -3.76. The second kappa shape index (κ2) is 8.45. The van der Waals surface area contributed by atoms with Crippen LogP contribution in [0.5, 0.6) is 23.0 Å². The Hall–Kier alpha value is -1.91. The molecule has 0 saturated carbocycles. The Kier molecular flexibility index (Phi) is 5.93. The van der Waals surface area contributed by atoms with Gasteiger partial charge in [-0.25, -0.2) is 0 Å². The van der Waals surface area contributed by atoms with Crippen LogP contribution in [0.4, 0.5) is 0 Å². The molecule has 0 unspecified atom stereocenters. The molecule has 0 radical (unpaired) electrons. The van der Waals surface area contributed by atoms with Gasteiger partial charge in [-0.3, -0.25) is 0 Å². The highest BCUT2D eigenvalue weighted by Crippen LogP contribution is 2.34. The molecule has 29 heavy (non-hydrogen) atoms. The first-order valence-corrected chi connectivity index (χ1v) is 11.0. The second-order valence-electron chi connectivity index (χ2n) is 6.48. The molecule has 2 N–H and O–H groups in total. The standard InChI is InChI=1S/C18H18Cl2N2O6S/c19-11-1-3-15-17(5-11)25-9-13(27-15)7-21-29(23,24)22-8-14-10-26-18-6-12(20)2-4-16(18)28-14/h1-6,13-14,21-22H,7-10H2/t13-,14+. The van der Waals surface area contributed by atoms with Gasteiger partial charge in [0.05, 0.1) is 13.1 Å². The highest BCUT2D eigenvalue weighted by Gasteiger charge is 2.25. The van der Waals surface area contributed by atoms with E-state index in [4.69, 9.17) is 42.1 Å². The van der Waals surface area contributed by atoms with Crippen molar-refractivity contribution in [2.45, 2.75) is 12.2 Å². The summed E-state index contributed by atoms with van der Waals surface area (Å²) in [5.74, 6) is 2.10. The lowest BCUT2D eigenvalue weighted by Gasteiger charge is -2.28. The molecule has 0 aliphatic carbocycles. The third kappa shape index (κ3) is 5.18. The van der Waals surface area contributed by atoms with Gasteiger partial charge in [-0.1, -0.05) is 23.2 Å². The van der Waals surface area contributed by atoms with Crippen LogP contribution in [0, 0.1) is 0 Å². The molecule has 2 aliphatic heterocycles. The normalized spacial score (nSPS) is 20.3. The summed E-state index contributed by atoms with van der Waals surface area (Å²) in [6.45, 7) is 0.491. The maximum atomic E-state index is 12.2. The summed E-state index contributed by atoms with van der Waals surface area (Å²) in [6.07, 6.45) is -0.933. The van der Waals surface area contributed by atoms with Crippen molar-refractivity contribution in [3.05, 3.63) is 46.4 Å². The van der Waals surface area contributed by atoms with E-state index in [1.54, 1.807) is 36.4 Å². The van der Waals surface area contributed by atoms with E-state index in [0.29, 0.717) is 33.0 Å². The number of ether oxygens (including phenoxy) is 4. The number of nitrogens with one attached hydrogen (secondary N) is 2. The molecule has 0 spiro atoms. The van der Waals surface area contributed by atoms with E-state index in [0.717, 1.165) is 0 Å². The van der Waals surface area contributed by atoms with Crippen molar-refractivity contribution >= 4 is 33.4 Å². The number of benzene rings is 2. The van der Waals surface area contributed by atoms with Crippen molar-refractivity contribution in [3.63, 3.8) is 0 Å². The number of halogens is 2. The van der Waals surface area contributed by atoms with E-state index in [2.05, 4.69) is 9.44 Å². The van der Waals surface area contributed by atoms with E-state index in [1.165, 1.54) is 0 Å². The summed E-state index contributed by atoms with van der Waals surface area (Å²) in [7, 11) is -3.76. The maximum Gasteiger partial charge on any atom is 0.277 e. The SMILES string of the molecule is O=S(=O)(NC[C@@H]1COc2cc(Cl)ccc2O1)NC[C@H]1COc2cc(Cl)ccc2O1. The Bertz CT molecular complexity index is 930. The Morgan fingerprint density at radius 3 is 1.69 bits per heavy atom. The van der Waals surface area contributed by atoms with Gasteiger partial charge >= 0.3 is 0 Å². The zero-order valence-corrected chi connectivity index (χ0v) is 17.4. The Balaban J connectivity index is 1.26. The van der Waals surface area contributed by atoms with Crippen LogP contribution in [0.3, 0.4) is 0 Å². The first kappa shape index (κ1) is 20.4. The molecule has 156 valence electrons. The predicted octanol–water partition coefficient (Wildman–Crippen LogP) is 2.40. The first-order chi connectivity index (χ1) is 13.9. The topological polar surface area (TPSA) is 95.1 Å². The molecule has 0 saturated heterocycles. The van der Waals surface area contributed by atoms with Gasteiger partial charge in [0.2, 0.25) is 0 Å². The molecule has 4 rings (SSSR count). The fourth-order valence-electron chi connectivity index (χ4n) is 2.83. The zero-order chi connectivity index (χ0) is 20.4. The van der Waals surface area contributed by atoms with Crippen LogP contribution >= 0.6 is 23.2 Å². The molecule has 11 heteroatoms. The first-order valence-electron chi connectivity index (χ1n) is 8.80. The molecular weight excluding hydrogens is 443 g/mol. The van der Waals surface area contributed by atoms with Gasteiger partial charge in [0.25, 0.3) is 10.2 Å². The number of hydrogen-bond donors (Lipinski definition) is 2. The molecule has 2 atom stereocenters. The van der Waals surface area contributed by atoms with Gasteiger partial charge < -0.3 is 18.9 Å². The molecule has 0 bridgehead atoms. The summed E-state index contributed by atoms with van der Waals surface area (Å²) in [4.78, 5) is 0. The molecule has 2 aliphatic rings. The van der Waals surface area contributed by atoms with Gasteiger partial charge in [0.1, 0.15) is 25.4 Å². The van der Waals surface area contributed by atoms with E-state index < -0.39 is 22.4 Å². The maximum absolute atomic E-state index is 12.2. The molecule has 8 nitrogen and oxygen atoms in total. The third-order valence-electron chi connectivity index (χ3n) is 4.25. The van der Waals surface area contributed by atoms with Gasteiger partial charge in [0.15, 0.2) is 23.0 Å². The average molecular weight is 461 g/mol. The van der Waals surface area contributed by atoms with E-state index in [-0.39, 0.29) is 26.3 Å². The lowest BCUT2D eigenvalue weighted by molar-refractivity contribution is 0.0924. The summed E-state index contributed by atoms with van der Waals surface area (Å²) in [5.41, 5.74) is 0. The minimum absolute atomic E-state index is 0.0424. The zero-order valence-electron chi connectivity index (χ0n) is 15.1. The van der Waals surface area contributed by atoms with Gasteiger partial charge in [-0.05, 0) is 24.3 Å². The summed E-state index contributed by atoms with van der Waals surface area (Å²) in [5, 5.41) is 1.07. The number of rotatable bonds is 6. The lowest BCUT2D eigenvalue weighted by Crippen LogP contribution is -2.48. The van der Waals surface area contributed by atoms with Crippen molar-refractivity contribution in [2.75, 3.05) is 26.3 Å². The van der Waals surface area contributed by atoms with E-state index >= 15 is 0 Å². The summed E-state index contributed by atoms with van der Waals surface area (Å²) in [6, 6.07) is 10.0. The molecule has 2 aromatic rings. The highest BCUT2D eigenvalue weighted by atomic mass is 35.5. The molecular formula is C18H18Cl2N2O6S. The van der Waals surface area contributed by atoms with Crippen LogP contribution in [0.25, 0.3) is 0 Å². The van der Waals surface area contributed by atoms with Crippen LogP contribution in [0.2, 0.25) is 10.0 Å². The Morgan fingerprint density at radius 2 is 1.24 bits per heavy atom. The molecule has 2 aromatic carbocycles. The fourth-order valence-corrected chi connectivity index (χ4v) is 4.07. The van der Waals surface area contributed by atoms with E-state index in [9.17, 15) is 8.42 Å². The number of hydrogen-bond acceptors (Lipinski definition) is 6. The van der Waals surface area contributed by atoms with Crippen LogP contribution in [0.15, 0.2) is 36.4 Å². The third-order valence-corrected chi connectivity index (χ3v) is 5.81. The van der Waals surface area contributed by atoms with Crippen LogP contribution < -0.4 is 28.4 Å². The molecule has 2 heterocycles. The fraction of sp³-hybridized carbons (Fsp3) is 0.333. The minimum Gasteiger partial charge on any atom is -0.486 e. The molecule has 0 amide bonds. The largest absolute Gasteiger partial charge is 0.486 e. The van der Waals surface area contributed by atoms with Crippen molar-refractivity contribution in [1.29, 1.82) is 0 Å². The lowest BCUT2D eigenvalue weighted by atomic mass is 10.2. The predicted molar refractivity (Wildman–Crippen MR) is 108 cm³/mol. The summed E-state index contributed by atoms with van der Waals surface area (Å²) < 4.78 is 52.0. The van der Waals surface area contributed by atoms with E-state index in [1.807, 2.05) is 0 Å². The Morgan fingerprint density at radius 1 is 0.793 bits per heavy atom. The van der Waals surface area contributed by atoms with Crippen LogP contribution in [-0.4, -0.2) is 46.9 Å². The molecule has 0 fully saturated rings. The Labute approximate surface area is 178 Å². The van der Waals surface area contributed by atoms with Crippen LogP contribution in [-0.2, 0) is 10.2 Å². The number of fused-ring (bicyclic) bond motifs is 2. The quantitative estimate of drug-likeness (QED) is 0.686. The van der Waals surface area contributed by atoms with Gasteiger partial charge in [0, 0.05) is 22.2 Å². The summed E-state index contributed by atoms with van der Waals surface area (Å²) >= 11 is 11.8. The van der Waals surface area contributed by atoms with Gasteiger partial charge in [-0.2, -0.15) is 17.9 Å². The van der Waals surface area contributed by atoms with Crippen LogP contribution in [0.1, 0.15) is 0 Å². The monoisotopic (exact) mass is 460 g/mol. The highest BCUT2D eigenvalue weighted by molar-refractivity contribution is 7.87. The van der Waals surface area contributed by atoms with Crippen molar-refractivity contribution in [3.8, 4) is 23.0 Å². The molecule has 0 aromatic heterocycles.